The Kier molecular flexibility index (Phi) is 7.60. The van der Waals surface area contributed by atoms with E-state index in [9.17, 15) is 19.2 Å². The Hall–Kier alpha value is -3.11. The van der Waals surface area contributed by atoms with Crippen molar-refractivity contribution in [2.45, 2.75) is 26.8 Å². The van der Waals surface area contributed by atoms with Crippen molar-refractivity contribution in [1.29, 1.82) is 0 Å². The smallest absolute Gasteiger partial charge is 0.330 e. The van der Waals surface area contributed by atoms with Gasteiger partial charge in [-0.3, -0.25) is 23.9 Å². The Morgan fingerprint density at radius 3 is 2.70 bits per heavy atom. The van der Waals surface area contributed by atoms with E-state index in [0.717, 1.165) is 0 Å². The second-order valence-electron chi connectivity index (χ2n) is 8.37. The standard InChI is InChI=1S/C22H28ClN5O5/c1-13(2)11-28-19(24)18(20(30)25-22(28)32)26(7-8-33-3)21(31)14-9-17(29)27(12-14)16-6-4-5-15(23)10-16/h4-6,10,13-14H,7-9,11-12,24H2,1-3H3,(H,25,30,32). The van der Waals surface area contributed by atoms with Crippen molar-refractivity contribution >= 4 is 40.6 Å². The highest BCUT2D eigenvalue weighted by Crippen LogP contribution is 2.29. The molecule has 0 bridgehead atoms. The lowest BCUT2D eigenvalue weighted by atomic mass is 10.1. The number of nitrogen functional groups attached to an aromatic ring is 1. The zero-order valence-corrected chi connectivity index (χ0v) is 19.6. The molecule has 0 radical (unpaired) electrons. The van der Waals surface area contributed by atoms with Crippen LogP contribution in [0.3, 0.4) is 0 Å². The molecule has 1 aliphatic rings. The number of hydrogen-bond acceptors (Lipinski definition) is 6. The third-order valence-electron chi connectivity index (χ3n) is 5.41. The first-order valence-corrected chi connectivity index (χ1v) is 11.0. The molecule has 10 nitrogen and oxygen atoms in total. The first-order valence-electron chi connectivity index (χ1n) is 10.6. The summed E-state index contributed by atoms with van der Waals surface area (Å²) in [6.07, 6.45) is -0.0295. The molecule has 2 heterocycles. The van der Waals surface area contributed by atoms with Gasteiger partial charge in [0.05, 0.1) is 12.5 Å². The number of nitrogens with zero attached hydrogens (tertiary/aromatic N) is 3. The summed E-state index contributed by atoms with van der Waals surface area (Å²) in [5.41, 5.74) is 5.29. The average Bonchev–Trinajstić information content (AvgIpc) is 3.14. The minimum atomic E-state index is -0.766. The number of ether oxygens (including phenoxy) is 1. The Labute approximate surface area is 195 Å². The van der Waals surface area contributed by atoms with Crippen LogP contribution in [0.1, 0.15) is 20.3 Å². The van der Waals surface area contributed by atoms with Gasteiger partial charge in [0, 0.05) is 43.9 Å². The predicted octanol–water partition coefficient (Wildman–Crippen LogP) is 1.46. The van der Waals surface area contributed by atoms with Crippen LogP contribution >= 0.6 is 11.6 Å². The second-order valence-corrected chi connectivity index (χ2v) is 8.80. The number of methoxy groups -OCH3 is 1. The van der Waals surface area contributed by atoms with Gasteiger partial charge in [-0.15, -0.1) is 0 Å². The Morgan fingerprint density at radius 2 is 2.06 bits per heavy atom. The molecule has 2 amide bonds. The number of carbonyl (C=O) groups is 2. The molecule has 3 N–H and O–H groups in total. The summed E-state index contributed by atoms with van der Waals surface area (Å²) in [5, 5.41) is 0.475. The molecular formula is C22H28ClN5O5. The molecule has 33 heavy (non-hydrogen) atoms. The van der Waals surface area contributed by atoms with E-state index in [-0.39, 0.29) is 56.0 Å². The summed E-state index contributed by atoms with van der Waals surface area (Å²) in [5.74, 6) is -1.41. The fourth-order valence-corrected chi connectivity index (χ4v) is 4.07. The molecule has 1 aromatic carbocycles. The third kappa shape index (κ3) is 5.28. The summed E-state index contributed by atoms with van der Waals surface area (Å²) >= 11 is 6.05. The highest BCUT2D eigenvalue weighted by molar-refractivity contribution is 6.31. The zero-order valence-electron chi connectivity index (χ0n) is 18.8. The Balaban J connectivity index is 1.97. The van der Waals surface area contributed by atoms with Gasteiger partial charge < -0.3 is 20.3 Å². The van der Waals surface area contributed by atoms with Gasteiger partial charge in [-0.1, -0.05) is 31.5 Å². The van der Waals surface area contributed by atoms with Crippen molar-refractivity contribution in [1.82, 2.24) is 9.55 Å². The molecule has 0 aliphatic carbocycles. The summed E-state index contributed by atoms with van der Waals surface area (Å²) in [7, 11) is 1.47. The average molecular weight is 478 g/mol. The number of benzene rings is 1. The first kappa shape index (κ1) is 24.5. The largest absolute Gasteiger partial charge is 0.383 e. The maximum atomic E-state index is 13.5. The van der Waals surface area contributed by atoms with Crippen molar-refractivity contribution < 1.29 is 14.3 Å². The van der Waals surface area contributed by atoms with Crippen LogP contribution in [0.25, 0.3) is 0 Å². The zero-order chi connectivity index (χ0) is 24.3. The van der Waals surface area contributed by atoms with Crippen molar-refractivity contribution in [2.75, 3.05) is 42.3 Å². The molecule has 0 saturated carbocycles. The normalized spacial score (nSPS) is 16.0. The number of H-pyrrole nitrogens is 1. The van der Waals surface area contributed by atoms with Gasteiger partial charge in [0.25, 0.3) is 5.56 Å². The van der Waals surface area contributed by atoms with E-state index in [1.807, 2.05) is 13.8 Å². The SMILES string of the molecule is COCCN(C(=O)C1CC(=O)N(c2cccc(Cl)c2)C1)c1c(N)n(CC(C)C)c(=O)[nH]c1=O. The molecular weight excluding hydrogens is 450 g/mol. The monoisotopic (exact) mass is 477 g/mol. The number of nitrogens with two attached hydrogens (primary N) is 1. The first-order chi connectivity index (χ1) is 15.6. The summed E-state index contributed by atoms with van der Waals surface area (Å²) in [6, 6.07) is 6.81. The van der Waals surface area contributed by atoms with Gasteiger partial charge in [-0.05, 0) is 24.1 Å². The molecule has 1 atom stereocenters. The van der Waals surface area contributed by atoms with E-state index in [1.54, 1.807) is 24.3 Å². The van der Waals surface area contributed by atoms with E-state index in [0.29, 0.717) is 10.7 Å². The molecule has 0 spiro atoms. The fourth-order valence-electron chi connectivity index (χ4n) is 3.89. The van der Waals surface area contributed by atoms with Crippen LogP contribution in [0.15, 0.2) is 33.9 Å². The summed E-state index contributed by atoms with van der Waals surface area (Å²) in [6.45, 7) is 4.37. The van der Waals surface area contributed by atoms with Crippen molar-refractivity contribution in [3.05, 3.63) is 50.1 Å². The number of hydrogen-bond donors (Lipinski definition) is 2. The number of aromatic nitrogens is 2. The van der Waals surface area contributed by atoms with Crippen LogP contribution in [-0.2, 0) is 20.9 Å². The van der Waals surface area contributed by atoms with Crippen LogP contribution in [0.5, 0.6) is 0 Å². The lowest BCUT2D eigenvalue weighted by Gasteiger charge is -2.27. The molecule has 2 aromatic rings. The lowest BCUT2D eigenvalue weighted by molar-refractivity contribution is -0.124. The molecule has 1 fully saturated rings. The number of nitrogens with one attached hydrogen (secondary N) is 1. The van der Waals surface area contributed by atoms with E-state index in [1.165, 1.54) is 21.5 Å². The van der Waals surface area contributed by atoms with Gasteiger partial charge in [-0.2, -0.15) is 0 Å². The van der Waals surface area contributed by atoms with Crippen LogP contribution in [0, 0.1) is 11.8 Å². The lowest BCUT2D eigenvalue weighted by Crippen LogP contribution is -2.45. The molecule has 1 aromatic heterocycles. The van der Waals surface area contributed by atoms with Gasteiger partial charge in [0.15, 0.2) is 5.69 Å². The quantitative estimate of drug-likeness (QED) is 0.591. The number of aromatic amines is 1. The Bertz CT molecular complexity index is 1160. The van der Waals surface area contributed by atoms with E-state index in [4.69, 9.17) is 22.1 Å². The molecule has 11 heteroatoms. The van der Waals surface area contributed by atoms with Crippen LogP contribution in [0.4, 0.5) is 17.2 Å². The fraction of sp³-hybridized carbons (Fsp3) is 0.455. The van der Waals surface area contributed by atoms with Crippen molar-refractivity contribution in [3.63, 3.8) is 0 Å². The minimum Gasteiger partial charge on any atom is -0.383 e. The topological polar surface area (TPSA) is 131 Å². The van der Waals surface area contributed by atoms with E-state index >= 15 is 0 Å². The number of anilines is 3. The van der Waals surface area contributed by atoms with Crippen molar-refractivity contribution in [3.8, 4) is 0 Å². The number of carbonyl (C=O) groups excluding carboxylic acids is 2. The second kappa shape index (κ2) is 10.2. The van der Waals surface area contributed by atoms with Crippen LogP contribution in [0.2, 0.25) is 5.02 Å². The number of amides is 2. The maximum Gasteiger partial charge on any atom is 0.330 e. The predicted molar refractivity (Wildman–Crippen MR) is 127 cm³/mol. The summed E-state index contributed by atoms with van der Waals surface area (Å²) < 4.78 is 6.36. The highest BCUT2D eigenvalue weighted by Gasteiger charge is 2.39. The van der Waals surface area contributed by atoms with Crippen molar-refractivity contribution in [2.24, 2.45) is 11.8 Å². The van der Waals surface area contributed by atoms with E-state index in [2.05, 4.69) is 4.98 Å². The molecule has 1 aliphatic heterocycles. The maximum absolute atomic E-state index is 13.5. The van der Waals surface area contributed by atoms with Gasteiger partial charge in [0.2, 0.25) is 11.8 Å². The van der Waals surface area contributed by atoms with Gasteiger partial charge in [0.1, 0.15) is 5.82 Å². The summed E-state index contributed by atoms with van der Waals surface area (Å²) in [4.78, 5) is 56.2. The molecule has 1 unspecified atom stereocenters. The van der Waals surface area contributed by atoms with Gasteiger partial charge >= 0.3 is 5.69 Å². The van der Waals surface area contributed by atoms with Crippen LogP contribution < -0.4 is 26.8 Å². The number of rotatable bonds is 8. The van der Waals surface area contributed by atoms with Gasteiger partial charge in [-0.25, -0.2) is 4.79 Å². The molecule has 3 rings (SSSR count). The molecule has 178 valence electrons. The Morgan fingerprint density at radius 1 is 1.33 bits per heavy atom. The number of halogens is 1. The minimum absolute atomic E-state index is 0.0295. The highest BCUT2D eigenvalue weighted by atomic mass is 35.5. The molecule has 1 saturated heterocycles. The third-order valence-corrected chi connectivity index (χ3v) is 5.65. The van der Waals surface area contributed by atoms with Crippen LogP contribution in [-0.4, -0.2) is 48.2 Å². The van der Waals surface area contributed by atoms with E-state index < -0.39 is 23.1 Å².